The van der Waals surface area contributed by atoms with Gasteiger partial charge in [-0.1, -0.05) is 24.3 Å². The van der Waals surface area contributed by atoms with E-state index in [0.29, 0.717) is 5.92 Å². The van der Waals surface area contributed by atoms with Crippen molar-refractivity contribution in [2.24, 2.45) is 5.92 Å². The largest absolute Gasteiger partial charge is 0.381 e. The summed E-state index contributed by atoms with van der Waals surface area (Å²) in [6.45, 7) is 4.63. The highest BCUT2D eigenvalue weighted by Crippen LogP contribution is 2.26. The Morgan fingerprint density at radius 3 is 3.00 bits per heavy atom. The van der Waals surface area contributed by atoms with Crippen LogP contribution in [-0.4, -0.2) is 32.9 Å². The molecule has 2 aliphatic rings. The molecule has 2 atom stereocenters. The summed E-state index contributed by atoms with van der Waals surface area (Å²) in [4.78, 5) is 0. The summed E-state index contributed by atoms with van der Waals surface area (Å²) >= 11 is 0. The summed E-state index contributed by atoms with van der Waals surface area (Å²) < 4.78 is 11.3. The van der Waals surface area contributed by atoms with Crippen LogP contribution in [0.25, 0.3) is 0 Å². The summed E-state index contributed by atoms with van der Waals surface area (Å²) in [5, 5.41) is 3.53. The van der Waals surface area contributed by atoms with Gasteiger partial charge in [-0.2, -0.15) is 0 Å². The number of benzene rings is 1. The third-order valence-electron chi connectivity index (χ3n) is 3.88. The van der Waals surface area contributed by atoms with Gasteiger partial charge in [-0.05, 0) is 29.9 Å². The first-order chi connectivity index (χ1) is 8.93. The van der Waals surface area contributed by atoms with E-state index in [1.807, 2.05) is 0 Å². The minimum Gasteiger partial charge on any atom is -0.381 e. The molecule has 2 unspecified atom stereocenters. The molecule has 98 valence electrons. The molecule has 0 spiro atoms. The summed E-state index contributed by atoms with van der Waals surface area (Å²) in [7, 11) is 0. The smallest absolute Gasteiger partial charge is 0.0952 e. The van der Waals surface area contributed by atoms with Crippen LogP contribution in [0.2, 0.25) is 0 Å². The first-order valence-corrected chi connectivity index (χ1v) is 6.91. The van der Waals surface area contributed by atoms with Crippen molar-refractivity contribution in [3.63, 3.8) is 0 Å². The molecule has 0 saturated carbocycles. The van der Waals surface area contributed by atoms with Gasteiger partial charge < -0.3 is 14.8 Å². The fourth-order valence-electron chi connectivity index (χ4n) is 2.81. The maximum atomic E-state index is 5.88. The number of ether oxygens (including phenoxy) is 2. The van der Waals surface area contributed by atoms with E-state index in [4.69, 9.17) is 9.47 Å². The van der Waals surface area contributed by atoms with Crippen LogP contribution in [0, 0.1) is 5.92 Å². The predicted molar refractivity (Wildman–Crippen MR) is 70.6 cm³/mol. The van der Waals surface area contributed by atoms with Crippen LogP contribution >= 0.6 is 0 Å². The van der Waals surface area contributed by atoms with Crippen molar-refractivity contribution >= 4 is 0 Å². The van der Waals surface area contributed by atoms with E-state index in [0.717, 1.165) is 39.3 Å². The van der Waals surface area contributed by atoms with E-state index >= 15 is 0 Å². The molecule has 0 radical (unpaired) electrons. The van der Waals surface area contributed by atoms with Crippen LogP contribution in [0.4, 0.5) is 0 Å². The normalized spacial score (nSPS) is 27.1. The maximum absolute atomic E-state index is 5.88. The Morgan fingerprint density at radius 2 is 2.11 bits per heavy atom. The van der Waals surface area contributed by atoms with Gasteiger partial charge in [0.1, 0.15) is 0 Å². The van der Waals surface area contributed by atoms with E-state index in [9.17, 15) is 0 Å². The number of nitrogens with one attached hydrogen (secondary N) is 1. The topological polar surface area (TPSA) is 30.5 Å². The fourth-order valence-corrected chi connectivity index (χ4v) is 2.81. The molecule has 3 heteroatoms. The second kappa shape index (κ2) is 5.83. The van der Waals surface area contributed by atoms with Crippen LogP contribution in [0.15, 0.2) is 24.3 Å². The molecule has 3 nitrogen and oxygen atoms in total. The van der Waals surface area contributed by atoms with Gasteiger partial charge in [-0.25, -0.2) is 0 Å². The Balaban J connectivity index is 1.54. The standard InChI is InChI=1S/C15H21NO2/c1-2-4-14-13(3-1)6-8-18-15(14)10-16-9-12-5-7-17-11-12/h1-4,12,15-16H,5-11H2. The molecule has 1 fully saturated rings. The first-order valence-electron chi connectivity index (χ1n) is 6.91. The van der Waals surface area contributed by atoms with Crippen LogP contribution in [0.3, 0.4) is 0 Å². The zero-order chi connectivity index (χ0) is 12.2. The molecule has 1 aromatic rings. The average Bonchev–Trinajstić information content (AvgIpc) is 2.92. The molecule has 2 aliphatic heterocycles. The van der Waals surface area contributed by atoms with Gasteiger partial charge in [-0.15, -0.1) is 0 Å². The Morgan fingerprint density at radius 1 is 1.17 bits per heavy atom. The van der Waals surface area contributed by atoms with Gasteiger partial charge in [0.25, 0.3) is 0 Å². The second-order valence-corrected chi connectivity index (χ2v) is 5.20. The van der Waals surface area contributed by atoms with Crippen molar-refractivity contribution in [3.8, 4) is 0 Å². The van der Waals surface area contributed by atoms with Gasteiger partial charge in [0.15, 0.2) is 0 Å². The molecule has 0 amide bonds. The monoisotopic (exact) mass is 247 g/mol. The Kier molecular flexibility index (Phi) is 3.93. The lowest BCUT2D eigenvalue weighted by molar-refractivity contribution is 0.0418. The van der Waals surface area contributed by atoms with Crippen LogP contribution < -0.4 is 5.32 Å². The van der Waals surface area contributed by atoms with Gasteiger partial charge in [0.2, 0.25) is 0 Å². The maximum Gasteiger partial charge on any atom is 0.0952 e. The molecule has 3 rings (SSSR count). The van der Waals surface area contributed by atoms with Gasteiger partial charge in [0.05, 0.1) is 19.3 Å². The zero-order valence-corrected chi connectivity index (χ0v) is 10.7. The molecule has 2 heterocycles. The molecule has 0 bridgehead atoms. The van der Waals surface area contributed by atoms with E-state index in [1.54, 1.807) is 0 Å². The van der Waals surface area contributed by atoms with E-state index in [1.165, 1.54) is 17.5 Å². The average molecular weight is 247 g/mol. The third kappa shape index (κ3) is 2.74. The highest BCUT2D eigenvalue weighted by Gasteiger charge is 2.21. The summed E-state index contributed by atoms with van der Waals surface area (Å²) in [5.74, 6) is 0.684. The van der Waals surface area contributed by atoms with Crippen molar-refractivity contribution in [3.05, 3.63) is 35.4 Å². The lowest BCUT2D eigenvalue weighted by Crippen LogP contribution is -2.31. The summed E-state index contributed by atoms with van der Waals surface area (Å²) in [5.41, 5.74) is 2.80. The van der Waals surface area contributed by atoms with E-state index < -0.39 is 0 Å². The SMILES string of the molecule is c1ccc2c(c1)CCOC2CNCC1CCOC1. The van der Waals surface area contributed by atoms with Crippen molar-refractivity contribution in [2.75, 3.05) is 32.9 Å². The Labute approximate surface area is 108 Å². The predicted octanol–water partition coefficient (Wildman–Crippen LogP) is 1.93. The first kappa shape index (κ1) is 12.2. The summed E-state index contributed by atoms with van der Waals surface area (Å²) in [6.07, 6.45) is 2.45. The van der Waals surface area contributed by atoms with Crippen LogP contribution in [0.5, 0.6) is 0 Å². The number of hydrogen-bond donors (Lipinski definition) is 1. The Hall–Kier alpha value is -0.900. The second-order valence-electron chi connectivity index (χ2n) is 5.20. The summed E-state index contributed by atoms with van der Waals surface area (Å²) in [6, 6.07) is 8.63. The van der Waals surface area contributed by atoms with Gasteiger partial charge >= 0.3 is 0 Å². The lowest BCUT2D eigenvalue weighted by Gasteiger charge is -2.26. The van der Waals surface area contributed by atoms with E-state index in [-0.39, 0.29) is 6.10 Å². The van der Waals surface area contributed by atoms with Crippen molar-refractivity contribution in [1.29, 1.82) is 0 Å². The quantitative estimate of drug-likeness (QED) is 0.882. The highest BCUT2D eigenvalue weighted by molar-refractivity contribution is 5.31. The Bertz CT molecular complexity index is 388. The van der Waals surface area contributed by atoms with Gasteiger partial charge in [0, 0.05) is 19.7 Å². The van der Waals surface area contributed by atoms with Crippen molar-refractivity contribution < 1.29 is 9.47 Å². The molecule has 1 aromatic carbocycles. The third-order valence-corrected chi connectivity index (χ3v) is 3.88. The number of hydrogen-bond acceptors (Lipinski definition) is 3. The molecule has 18 heavy (non-hydrogen) atoms. The number of fused-ring (bicyclic) bond motifs is 1. The minimum absolute atomic E-state index is 0.220. The zero-order valence-electron chi connectivity index (χ0n) is 10.7. The molecule has 0 aliphatic carbocycles. The minimum atomic E-state index is 0.220. The fraction of sp³-hybridized carbons (Fsp3) is 0.600. The molecule has 1 N–H and O–H groups in total. The molecular weight excluding hydrogens is 226 g/mol. The molecule has 0 aromatic heterocycles. The van der Waals surface area contributed by atoms with Crippen LogP contribution in [-0.2, 0) is 15.9 Å². The molecule has 1 saturated heterocycles. The van der Waals surface area contributed by atoms with Crippen molar-refractivity contribution in [1.82, 2.24) is 5.32 Å². The van der Waals surface area contributed by atoms with E-state index in [2.05, 4.69) is 29.6 Å². The lowest BCUT2D eigenvalue weighted by atomic mass is 9.97. The molecular formula is C15H21NO2. The number of rotatable bonds is 4. The van der Waals surface area contributed by atoms with Gasteiger partial charge in [-0.3, -0.25) is 0 Å². The van der Waals surface area contributed by atoms with Crippen molar-refractivity contribution in [2.45, 2.75) is 18.9 Å². The highest BCUT2D eigenvalue weighted by atomic mass is 16.5. The van der Waals surface area contributed by atoms with Crippen LogP contribution in [0.1, 0.15) is 23.7 Å².